The second kappa shape index (κ2) is 8.96. The van der Waals surface area contributed by atoms with E-state index in [0.29, 0.717) is 40.7 Å². The predicted molar refractivity (Wildman–Crippen MR) is 122 cm³/mol. The lowest BCUT2D eigenvalue weighted by Gasteiger charge is -2.12. The summed E-state index contributed by atoms with van der Waals surface area (Å²) in [6, 6.07) is 16.4. The summed E-state index contributed by atoms with van der Waals surface area (Å²) in [6.45, 7) is 3.75. The molecule has 2 heterocycles. The average Bonchev–Trinajstić information content (AvgIpc) is 3.40. The molecule has 0 bridgehead atoms. The third-order valence-electron chi connectivity index (χ3n) is 4.99. The van der Waals surface area contributed by atoms with Gasteiger partial charge in [0.2, 0.25) is 0 Å². The third-order valence-corrected chi connectivity index (χ3v) is 4.99. The molecule has 1 aliphatic heterocycles. The van der Waals surface area contributed by atoms with Crippen LogP contribution in [0.3, 0.4) is 0 Å². The Morgan fingerprint density at radius 3 is 2.55 bits per heavy atom. The molecule has 2 aromatic carbocycles. The highest BCUT2D eigenvalue weighted by molar-refractivity contribution is 6.32. The highest BCUT2D eigenvalue weighted by Crippen LogP contribution is 2.28. The number of esters is 1. The quantitative estimate of drug-likeness (QED) is 0.439. The number of carbonyl (C=O) groups excluding carboxylic acids is 2. The van der Waals surface area contributed by atoms with Crippen LogP contribution >= 0.6 is 0 Å². The molecule has 0 radical (unpaired) electrons. The van der Waals surface area contributed by atoms with E-state index in [0.717, 1.165) is 5.56 Å². The van der Waals surface area contributed by atoms with E-state index >= 15 is 0 Å². The Morgan fingerprint density at radius 1 is 1.09 bits per heavy atom. The van der Waals surface area contributed by atoms with Crippen molar-refractivity contribution in [2.45, 2.75) is 13.8 Å². The van der Waals surface area contributed by atoms with Crippen molar-refractivity contribution in [1.29, 1.82) is 0 Å². The van der Waals surface area contributed by atoms with E-state index in [1.165, 1.54) is 17.1 Å². The highest BCUT2D eigenvalue weighted by atomic mass is 16.5. The van der Waals surface area contributed by atoms with Crippen molar-refractivity contribution in [1.82, 2.24) is 0 Å². The van der Waals surface area contributed by atoms with Gasteiger partial charge in [-0.05, 0) is 62.4 Å². The Labute approximate surface area is 189 Å². The fraction of sp³-hybridized carbons (Fsp3) is 0.120. The molecule has 0 spiro atoms. The zero-order valence-electron chi connectivity index (χ0n) is 17.9. The van der Waals surface area contributed by atoms with Crippen molar-refractivity contribution in [3.05, 3.63) is 83.1 Å². The molecule has 8 nitrogen and oxygen atoms in total. The summed E-state index contributed by atoms with van der Waals surface area (Å²) in [7, 11) is 0. The Kier molecular flexibility index (Phi) is 5.91. The molecule has 0 aliphatic carbocycles. The maximum atomic E-state index is 12.9. The van der Waals surface area contributed by atoms with Crippen molar-refractivity contribution in [3.63, 3.8) is 0 Å². The molecular formula is C25H20N2O6. The minimum atomic E-state index is -1.08. The third kappa shape index (κ3) is 4.45. The molecule has 0 saturated carbocycles. The molecular weight excluding hydrogens is 424 g/mol. The zero-order valence-corrected chi connectivity index (χ0v) is 17.9. The van der Waals surface area contributed by atoms with Crippen LogP contribution < -0.4 is 5.01 Å². The molecule has 0 atom stereocenters. The maximum absolute atomic E-state index is 12.9. The van der Waals surface area contributed by atoms with Gasteiger partial charge < -0.3 is 14.3 Å². The average molecular weight is 444 g/mol. The topological polar surface area (TPSA) is 109 Å². The first-order valence-electron chi connectivity index (χ1n) is 10.2. The van der Waals surface area contributed by atoms with E-state index in [1.807, 2.05) is 0 Å². The van der Waals surface area contributed by atoms with Gasteiger partial charge in [-0.1, -0.05) is 18.2 Å². The number of carboxylic acid groups (broad SMARTS) is 1. The number of anilines is 1. The number of aromatic carboxylic acids is 1. The number of hydrogen-bond acceptors (Lipinski definition) is 6. The van der Waals surface area contributed by atoms with Gasteiger partial charge in [0.15, 0.2) is 0 Å². The summed E-state index contributed by atoms with van der Waals surface area (Å²) >= 11 is 0. The molecule has 0 unspecified atom stereocenters. The number of rotatable bonds is 6. The van der Waals surface area contributed by atoms with Crippen LogP contribution in [0.25, 0.3) is 17.4 Å². The van der Waals surface area contributed by atoms with Gasteiger partial charge in [0.1, 0.15) is 11.5 Å². The van der Waals surface area contributed by atoms with E-state index in [-0.39, 0.29) is 17.4 Å². The second-order valence-corrected chi connectivity index (χ2v) is 7.22. The number of nitrogens with zero attached hydrogens (tertiary/aromatic N) is 2. The summed E-state index contributed by atoms with van der Waals surface area (Å²) in [5.74, 6) is -0.825. The van der Waals surface area contributed by atoms with Crippen molar-refractivity contribution in [2.75, 3.05) is 11.6 Å². The minimum absolute atomic E-state index is 0.0650. The van der Waals surface area contributed by atoms with Gasteiger partial charge in [0, 0.05) is 5.56 Å². The Bertz CT molecular complexity index is 1300. The number of hydrazone groups is 1. The van der Waals surface area contributed by atoms with Crippen LogP contribution in [-0.2, 0) is 9.53 Å². The Morgan fingerprint density at radius 2 is 1.85 bits per heavy atom. The van der Waals surface area contributed by atoms with E-state index in [9.17, 15) is 19.5 Å². The SMILES string of the molecule is CCOC(=O)c1ccc(-c2ccc(/C=C3\C(=O)N(c4cccc(C(=O)O)c4)N=C3C)o2)cc1. The summed E-state index contributed by atoms with van der Waals surface area (Å²) < 4.78 is 10.9. The van der Waals surface area contributed by atoms with Gasteiger partial charge >= 0.3 is 11.9 Å². The second-order valence-electron chi connectivity index (χ2n) is 7.22. The van der Waals surface area contributed by atoms with Crippen LogP contribution in [0.5, 0.6) is 0 Å². The number of ether oxygens (including phenoxy) is 1. The van der Waals surface area contributed by atoms with Crippen molar-refractivity contribution >= 4 is 35.3 Å². The number of carbonyl (C=O) groups is 3. The molecule has 1 amide bonds. The normalized spacial score (nSPS) is 14.5. The van der Waals surface area contributed by atoms with Gasteiger partial charge in [-0.25, -0.2) is 9.59 Å². The summed E-state index contributed by atoms with van der Waals surface area (Å²) in [5.41, 5.74) is 2.47. The minimum Gasteiger partial charge on any atom is -0.478 e. The maximum Gasteiger partial charge on any atom is 0.338 e. The molecule has 3 aromatic rings. The van der Waals surface area contributed by atoms with Gasteiger partial charge in [-0.2, -0.15) is 10.1 Å². The molecule has 4 rings (SSSR count). The first-order chi connectivity index (χ1) is 15.9. The Hall–Kier alpha value is -4.46. The lowest BCUT2D eigenvalue weighted by molar-refractivity contribution is -0.114. The fourth-order valence-corrected chi connectivity index (χ4v) is 3.34. The van der Waals surface area contributed by atoms with Gasteiger partial charge in [0.05, 0.1) is 34.7 Å². The van der Waals surface area contributed by atoms with Gasteiger partial charge in [0.25, 0.3) is 5.91 Å². The van der Waals surface area contributed by atoms with E-state index in [4.69, 9.17) is 9.15 Å². The molecule has 8 heteroatoms. The lowest BCUT2D eigenvalue weighted by atomic mass is 10.1. The monoisotopic (exact) mass is 444 g/mol. The first-order valence-corrected chi connectivity index (χ1v) is 10.2. The van der Waals surface area contributed by atoms with Gasteiger partial charge in [-0.15, -0.1) is 0 Å². The van der Waals surface area contributed by atoms with Crippen LogP contribution in [0.1, 0.15) is 40.3 Å². The largest absolute Gasteiger partial charge is 0.478 e. The Balaban J connectivity index is 1.55. The number of carboxylic acids is 1. The summed E-state index contributed by atoms with van der Waals surface area (Å²) in [4.78, 5) is 36.0. The molecule has 1 aromatic heterocycles. The van der Waals surface area contributed by atoms with Crippen LogP contribution in [0.4, 0.5) is 5.69 Å². The van der Waals surface area contributed by atoms with E-state index < -0.39 is 5.97 Å². The van der Waals surface area contributed by atoms with Crippen molar-refractivity contribution < 1.29 is 28.6 Å². The van der Waals surface area contributed by atoms with Crippen LogP contribution in [0, 0.1) is 0 Å². The molecule has 1 aliphatic rings. The first kappa shape index (κ1) is 21.8. The highest BCUT2D eigenvalue weighted by Gasteiger charge is 2.29. The zero-order chi connectivity index (χ0) is 23.5. The van der Waals surface area contributed by atoms with Crippen LogP contribution in [0.15, 0.2) is 75.8 Å². The smallest absolute Gasteiger partial charge is 0.338 e. The standard InChI is InChI=1S/C25H20N2O6/c1-3-32-25(31)17-9-7-16(8-10-17)22-12-11-20(33-22)14-21-15(2)26-27(23(21)28)19-6-4-5-18(13-19)24(29)30/h4-14H,3H2,1-2H3,(H,29,30)/b21-14-. The van der Waals surface area contributed by atoms with E-state index in [1.54, 1.807) is 68.5 Å². The molecule has 33 heavy (non-hydrogen) atoms. The summed E-state index contributed by atoms with van der Waals surface area (Å²) in [6.07, 6.45) is 1.60. The van der Waals surface area contributed by atoms with Crippen molar-refractivity contribution in [2.24, 2.45) is 5.10 Å². The number of furan rings is 1. The molecule has 1 N–H and O–H groups in total. The predicted octanol–water partition coefficient (Wildman–Crippen LogP) is 4.63. The van der Waals surface area contributed by atoms with E-state index in [2.05, 4.69) is 5.10 Å². The fourth-order valence-electron chi connectivity index (χ4n) is 3.34. The van der Waals surface area contributed by atoms with Gasteiger partial charge in [-0.3, -0.25) is 4.79 Å². The molecule has 0 fully saturated rings. The number of hydrogen-bond donors (Lipinski definition) is 1. The molecule has 0 saturated heterocycles. The lowest BCUT2D eigenvalue weighted by Crippen LogP contribution is -2.21. The van der Waals surface area contributed by atoms with Crippen LogP contribution in [0.2, 0.25) is 0 Å². The number of amides is 1. The van der Waals surface area contributed by atoms with Crippen molar-refractivity contribution in [3.8, 4) is 11.3 Å². The van der Waals surface area contributed by atoms with Crippen LogP contribution in [-0.4, -0.2) is 35.3 Å². The summed E-state index contributed by atoms with van der Waals surface area (Å²) in [5, 5.41) is 14.6. The molecule has 166 valence electrons. The number of benzene rings is 2.